The molecule has 2 rings (SSSR count). The van der Waals surface area contributed by atoms with Gasteiger partial charge in [-0.2, -0.15) is 0 Å². The van der Waals surface area contributed by atoms with E-state index in [1.807, 2.05) is 0 Å². The molecule has 1 heterocycles. The van der Waals surface area contributed by atoms with Crippen LogP contribution in [0.1, 0.15) is 96.8 Å². The first-order valence-electron chi connectivity index (χ1n) is 11.5. The molecule has 158 valence electrons. The van der Waals surface area contributed by atoms with Gasteiger partial charge in [0.15, 0.2) is 0 Å². The van der Waals surface area contributed by atoms with Crippen LogP contribution in [0.4, 0.5) is 0 Å². The van der Waals surface area contributed by atoms with Gasteiger partial charge < -0.3 is 17.0 Å². The number of unbranched alkanes of at least 4 members (excludes halogenated alkanes) is 13. The molecule has 0 aliphatic rings. The lowest BCUT2D eigenvalue weighted by atomic mass is 10.0. The van der Waals surface area contributed by atoms with Gasteiger partial charge in [0.25, 0.3) is 0 Å². The molecule has 0 unspecified atom stereocenters. The normalized spacial score (nSPS) is 10.8. The average molecular weight is 450 g/mol. The zero-order chi connectivity index (χ0) is 19.0. The Morgan fingerprint density at radius 3 is 1.71 bits per heavy atom. The van der Waals surface area contributed by atoms with Crippen LogP contribution in [0.2, 0.25) is 0 Å². The van der Waals surface area contributed by atoms with Gasteiger partial charge in [-0.15, -0.1) is 0 Å². The molecular formula is C25H41BrN2. The maximum atomic E-state index is 2.31. The molecule has 0 fully saturated rings. The second kappa shape index (κ2) is 16.8. The molecule has 0 saturated carbocycles. The summed E-state index contributed by atoms with van der Waals surface area (Å²) < 4.78 is 4.51. The molecule has 0 aliphatic heterocycles. The Balaban J connectivity index is 0.00000392. The maximum Gasteiger partial charge on any atom is 0.248 e. The van der Waals surface area contributed by atoms with E-state index in [9.17, 15) is 0 Å². The third-order valence-corrected chi connectivity index (χ3v) is 5.52. The Kier molecular flexibility index (Phi) is 15.0. The van der Waals surface area contributed by atoms with E-state index in [4.69, 9.17) is 0 Å². The van der Waals surface area contributed by atoms with Crippen LogP contribution in [0.5, 0.6) is 0 Å². The summed E-state index contributed by atoms with van der Waals surface area (Å²) in [5.41, 5.74) is 1.23. The van der Waals surface area contributed by atoms with Crippen LogP contribution in [0.15, 0.2) is 49.1 Å². The number of rotatable bonds is 16. The van der Waals surface area contributed by atoms with E-state index in [0.717, 1.165) is 6.54 Å². The van der Waals surface area contributed by atoms with Crippen molar-refractivity contribution < 1.29 is 21.5 Å². The Morgan fingerprint density at radius 2 is 1.18 bits per heavy atom. The number of halogens is 1. The summed E-state index contributed by atoms with van der Waals surface area (Å²) in [6, 6.07) is 10.5. The fourth-order valence-electron chi connectivity index (χ4n) is 3.77. The fourth-order valence-corrected chi connectivity index (χ4v) is 3.77. The van der Waals surface area contributed by atoms with Crippen molar-refractivity contribution in [2.24, 2.45) is 0 Å². The van der Waals surface area contributed by atoms with Gasteiger partial charge in [-0.1, -0.05) is 102 Å². The van der Waals surface area contributed by atoms with Gasteiger partial charge in [-0.3, -0.25) is 0 Å². The number of nitrogens with zero attached hydrogens (tertiary/aromatic N) is 2. The van der Waals surface area contributed by atoms with E-state index in [1.54, 1.807) is 0 Å². The van der Waals surface area contributed by atoms with E-state index in [1.165, 1.54) is 95.6 Å². The third-order valence-electron chi connectivity index (χ3n) is 5.52. The van der Waals surface area contributed by atoms with Gasteiger partial charge in [0.2, 0.25) is 6.33 Å². The van der Waals surface area contributed by atoms with Crippen molar-refractivity contribution >= 4 is 0 Å². The summed E-state index contributed by atoms with van der Waals surface area (Å²) in [6.45, 7) is 3.43. The van der Waals surface area contributed by atoms with Gasteiger partial charge in [0.1, 0.15) is 18.1 Å². The molecular weight excluding hydrogens is 408 g/mol. The molecule has 0 bridgehead atoms. The van der Waals surface area contributed by atoms with E-state index in [0.29, 0.717) is 0 Å². The first-order valence-corrected chi connectivity index (χ1v) is 11.5. The second-order valence-electron chi connectivity index (χ2n) is 7.99. The lowest BCUT2D eigenvalue weighted by molar-refractivity contribution is -0.696. The molecule has 1 aromatic carbocycles. The number of para-hydroxylation sites is 1. The Hall–Kier alpha value is -1.09. The zero-order valence-electron chi connectivity index (χ0n) is 18.0. The number of imidazole rings is 1. The largest absolute Gasteiger partial charge is 1.00 e. The molecule has 0 atom stereocenters. The van der Waals surface area contributed by atoms with Crippen LogP contribution in [0.3, 0.4) is 0 Å². The summed E-state index contributed by atoms with van der Waals surface area (Å²) in [5.74, 6) is 0. The van der Waals surface area contributed by atoms with Crippen molar-refractivity contribution in [1.82, 2.24) is 4.57 Å². The smallest absolute Gasteiger partial charge is 0.248 e. The quantitative estimate of drug-likeness (QED) is 0.268. The van der Waals surface area contributed by atoms with Crippen LogP contribution in [0, 0.1) is 0 Å². The molecule has 0 spiro atoms. The molecule has 2 aromatic rings. The molecule has 0 radical (unpaired) electrons. The Morgan fingerprint density at radius 1 is 0.679 bits per heavy atom. The van der Waals surface area contributed by atoms with Crippen molar-refractivity contribution in [2.75, 3.05) is 0 Å². The highest BCUT2D eigenvalue weighted by Gasteiger charge is 2.05. The highest BCUT2D eigenvalue weighted by molar-refractivity contribution is 5.30. The van der Waals surface area contributed by atoms with Crippen molar-refractivity contribution in [3.8, 4) is 5.69 Å². The van der Waals surface area contributed by atoms with Crippen LogP contribution in [0.25, 0.3) is 5.69 Å². The first kappa shape index (κ1) is 24.9. The average Bonchev–Trinajstić information content (AvgIpc) is 3.18. The first-order chi connectivity index (χ1) is 13.4. The number of hydrogen-bond donors (Lipinski definition) is 0. The summed E-state index contributed by atoms with van der Waals surface area (Å²) in [4.78, 5) is 0. The van der Waals surface area contributed by atoms with Gasteiger partial charge in [0.05, 0.1) is 6.54 Å². The van der Waals surface area contributed by atoms with E-state index in [-0.39, 0.29) is 17.0 Å². The molecule has 1 aromatic heterocycles. The third kappa shape index (κ3) is 11.0. The van der Waals surface area contributed by atoms with Crippen LogP contribution >= 0.6 is 0 Å². The van der Waals surface area contributed by atoms with E-state index in [2.05, 4.69) is 65.1 Å². The van der Waals surface area contributed by atoms with Crippen LogP contribution in [-0.2, 0) is 6.54 Å². The maximum absolute atomic E-state index is 2.31. The minimum Gasteiger partial charge on any atom is -1.00 e. The summed E-state index contributed by atoms with van der Waals surface area (Å²) in [7, 11) is 0. The predicted octanol–water partition coefficient (Wildman–Crippen LogP) is 4.25. The molecule has 0 saturated heterocycles. The van der Waals surface area contributed by atoms with Crippen molar-refractivity contribution in [3.63, 3.8) is 0 Å². The number of benzene rings is 1. The minimum absolute atomic E-state index is 0. The summed E-state index contributed by atoms with van der Waals surface area (Å²) >= 11 is 0. The lowest BCUT2D eigenvalue weighted by Gasteiger charge is -2.03. The number of hydrogen-bond acceptors (Lipinski definition) is 0. The van der Waals surface area contributed by atoms with Crippen molar-refractivity contribution in [3.05, 3.63) is 49.1 Å². The molecule has 0 N–H and O–H groups in total. The number of aromatic nitrogens is 2. The zero-order valence-corrected chi connectivity index (χ0v) is 19.6. The van der Waals surface area contributed by atoms with Crippen LogP contribution in [-0.4, -0.2) is 4.57 Å². The Labute approximate surface area is 184 Å². The summed E-state index contributed by atoms with van der Waals surface area (Å²) in [6.07, 6.45) is 26.4. The highest BCUT2D eigenvalue weighted by Crippen LogP contribution is 2.13. The number of aryl methyl sites for hydroxylation is 1. The minimum atomic E-state index is 0. The SMILES string of the molecule is CCCCCCCCCCCCCCCC[n+]1ccn(-c2ccccc2)c1.[Br-]. The fraction of sp³-hybridized carbons (Fsp3) is 0.640. The lowest BCUT2D eigenvalue weighted by Crippen LogP contribution is -3.00. The van der Waals surface area contributed by atoms with E-state index >= 15 is 0 Å². The van der Waals surface area contributed by atoms with Crippen molar-refractivity contribution in [2.45, 2.75) is 103 Å². The predicted molar refractivity (Wildman–Crippen MR) is 116 cm³/mol. The molecule has 3 heteroatoms. The van der Waals surface area contributed by atoms with Gasteiger partial charge in [-0.05, 0) is 25.0 Å². The topological polar surface area (TPSA) is 8.81 Å². The van der Waals surface area contributed by atoms with Crippen LogP contribution < -0.4 is 21.5 Å². The van der Waals surface area contributed by atoms with Gasteiger partial charge in [-0.25, -0.2) is 9.13 Å². The van der Waals surface area contributed by atoms with E-state index < -0.39 is 0 Å². The highest BCUT2D eigenvalue weighted by atomic mass is 79.9. The molecule has 2 nitrogen and oxygen atoms in total. The molecule has 0 aliphatic carbocycles. The summed E-state index contributed by atoms with van der Waals surface area (Å²) in [5, 5.41) is 0. The molecule has 0 amide bonds. The van der Waals surface area contributed by atoms with Gasteiger partial charge >= 0.3 is 0 Å². The second-order valence-corrected chi connectivity index (χ2v) is 7.99. The standard InChI is InChI=1S/C25H41N2.BrH/c1-2-3-4-5-6-7-8-9-10-11-12-13-14-18-21-26-22-23-27(24-26)25-19-16-15-17-20-25;/h15-17,19-20,22-24H,2-14,18,21H2,1H3;1H/q+1;/p-1. The van der Waals surface area contributed by atoms with Crippen molar-refractivity contribution in [1.29, 1.82) is 0 Å². The van der Waals surface area contributed by atoms with Gasteiger partial charge in [0, 0.05) is 0 Å². The Bertz CT molecular complexity index is 579. The molecule has 28 heavy (non-hydrogen) atoms. The monoisotopic (exact) mass is 448 g/mol.